The number of thioether (sulfide) groups is 1. The number of likely N-dealkylation sites (tertiary alicyclic amines) is 1. The second-order valence-electron chi connectivity index (χ2n) is 12.7. The van der Waals surface area contributed by atoms with E-state index in [2.05, 4.69) is 0 Å². The molecule has 3 amide bonds. The van der Waals surface area contributed by atoms with Crippen LogP contribution in [-0.4, -0.2) is 76.7 Å². The van der Waals surface area contributed by atoms with Crippen LogP contribution in [0.25, 0.3) is 0 Å². The maximum atomic E-state index is 15.1. The molecule has 10 heteroatoms. The molecule has 4 aliphatic heterocycles. The number of ether oxygens (including phenoxy) is 2. The van der Waals surface area contributed by atoms with Gasteiger partial charge in [-0.15, -0.1) is 11.8 Å². The van der Waals surface area contributed by atoms with E-state index in [1.54, 1.807) is 33.9 Å². The molecule has 7 rings (SSSR count). The Balaban J connectivity index is 1.35. The Kier molecular flexibility index (Phi) is 8.33. The molecule has 1 N–H and O–H groups in total. The minimum atomic E-state index is -1.07. The second kappa shape index (κ2) is 12.5. The molecular weight excluding hydrogens is 627 g/mol. The van der Waals surface area contributed by atoms with Gasteiger partial charge in [0.2, 0.25) is 11.8 Å². The molecule has 3 aromatic rings. The highest BCUT2D eigenvalue weighted by Gasteiger charge is 2.74. The van der Waals surface area contributed by atoms with Crippen molar-refractivity contribution in [1.29, 1.82) is 0 Å². The van der Waals surface area contributed by atoms with Crippen molar-refractivity contribution in [2.24, 2.45) is 11.8 Å². The van der Waals surface area contributed by atoms with E-state index in [-0.39, 0.29) is 30.9 Å². The summed E-state index contributed by atoms with van der Waals surface area (Å²) < 4.78 is 9.14. The van der Waals surface area contributed by atoms with Crippen LogP contribution in [0.2, 0.25) is 0 Å². The number of rotatable bonds is 8. The average molecular weight is 666 g/mol. The molecule has 0 aromatic heterocycles. The van der Waals surface area contributed by atoms with Gasteiger partial charge in [-0.2, -0.15) is 0 Å². The number of carbonyl (C=O) groups excluding carboxylic acids is 3. The lowest BCUT2D eigenvalue weighted by atomic mass is 9.74. The number of anilines is 2. The molecule has 0 saturated carbocycles. The van der Waals surface area contributed by atoms with Crippen LogP contribution in [0.5, 0.6) is 11.5 Å². The van der Waals surface area contributed by atoms with Crippen LogP contribution in [0.3, 0.4) is 0 Å². The van der Waals surface area contributed by atoms with Crippen LogP contribution in [0.15, 0.2) is 103 Å². The largest absolute Gasteiger partial charge is 0.497 e. The highest BCUT2D eigenvalue weighted by Crippen LogP contribution is 2.66. The first-order valence-corrected chi connectivity index (χ1v) is 17.1. The number of methoxy groups -OCH3 is 1. The zero-order valence-electron chi connectivity index (χ0n) is 27.2. The van der Waals surface area contributed by atoms with Crippen LogP contribution >= 0.6 is 11.8 Å². The fourth-order valence-corrected chi connectivity index (χ4v) is 10.1. The number of carbonyl (C=O) groups is 3. The van der Waals surface area contributed by atoms with E-state index in [0.29, 0.717) is 36.0 Å². The minimum absolute atomic E-state index is 0.174. The number of hydrogen-bond acceptors (Lipinski definition) is 7. The van der Waals surface area contributed by atoms with Gasteiger partial charge in [-0.3, -0.25) is 14.4 Å². The van der Waals surface area contributed by atoms with Crippen molar-refractivity contribution in [3.63, 3.8) is 0 Å². The molecule has 4 aliphatic rings. The van der Waals surface area contributed by atoms with Gasteiger partial charge in [0, 0.05) is 29.2 Å². The molecule has 248 valence electrons. The minimum Gasteiger partial charge on any atom is -0.497 e. The van der Waals surface area contributed by atoms with E-state index < -0.39 is 33.4 Å². The van der Waals surface area contributed by atoms with Gasteiger partial charge in [-0.05, 0) is 67.9 Å². The number of aliphatic hydroxyl groups is 1. The van der Waals surface area contributed by atoms with Gasteiger partial charge in [0.1, 0.15) is 17.5 Å². The molecule has 1 unspecified atom stereocenters. The van der Waals surface area contributed by atoms with Crippen molar-refractivity contribution in [3.05, 3.63) is 109 Å². The van der Waals surface area contributed by atoms with Crippen LogP contribution in [0.1, 0.15) is 25.5 Å². The SMILES string of the molecule is CCOc1ccc(N2CC=C[C@@]3(C)S[C@]45C=CCN(c6ccc(OC)cc6)C(=O)C4N([C@H](CO)c4ccccc4)C(=O)[C@@H]5[C@H]3C2=O)cc1. The Morgan fingerprint density at radius 2 is 1.42 bits per heavy atom. The molecule has 4 heterocycles. The molecule has 0 aliphatic carbocycles. The van der Waals surface area contributed by atoms with Crippen molar-refractivity contribution < 1.29 is 29.0 Å². The topological polar surface area (TPSA) is 99.6 Å². The third kappa shape index (κ3) is 5.00. The Morgan fingerprint density at radius 1 is 0.812 bits per heavy atom. The van der Waals surface area contributed by atoms with Crippen molar-refractivity contribution in [3.8, 4) is 11.5 Å². The van der Waals surface area contributed by atoms with Crippen molar-refractivity contribution >= 4 is 40.9 Å². The first-order valence-electron chi connectivity index (χ1n) is 16.3. The molecule has 48 heavy (non-hydrogen) atoms. The number of amides is 3. The van der Waals surface area contributed by atoms with Crippen LogP contribution in [0, 0.1) is 11.8 Å². The first kappa shape index (κ1) is 32.0. The second-order valence-corrected chi connectivity index (χ2v) is 14.5. The van der Waals surface area contributed by atoms with Gasteiger partial charge >= 0.3 is 0 Å². The Labute approximate surface area is 284 Å². The van der Waals surface area contributed by atoms with E-state index >= 15 is 4.79 Å². The van der Waals surface area contributed by atoms with E-state index in [9.17, 15) is 14.7 Å². The third-order valence-electron chi connectivity index (χ3n) is 10.0. The molecule has 0 radical (unpaired) electrons. The Morgan fingerprint density at radius 3 is 2.02 bits per heavy atom. The summed E-state index contributed by atoms with van der Waals surface area (Å²) in [6.45, 7) is 4.72. The molecule has 3 aromatic carbocycles. The standard InChI is InChI=1S/C38H39N3O6S/c1-4-47-29-18-14-26(15-19-29)39-22-8-20-37(2)31(34(39)43)32-35(44)41(30(24-42)25-10-6-5-7-11-25)33-36(45)40(23-9-21-38(32,33)48-37)27-12-16-28(46-3)17-13-27/h5-21,30-33,42H,4,22-24H2,1-3H3/t30-,31+,32+,33?,37-,38+/m1/s1. The van der Waals surface area contributed by atoms with Gasteiger partial charge in [-0.1, -0.05) is 54.6 Å². The highest BCUT2D eigenvalue weighted by molar-refractivity contribution is 8.02. The van der Waals surface area contributed by atoms with Crippen LogP contribution in [0.4, 0.5) is 11.4 Å². The van der Waals surface area contributed by atoms with Gasteiger partial charge in [-0.25, -0.2) is 0 Å². The van der Waals surface area contributed by atoms with Gasteiger partial charge in [0.05, 0.1) is 42.9 Å². The summed E-state index contributed by atoms with van der Waals surface area (Å²) in [6.07, 6.45) is 7.97. The fourth-order valence-electron chi connectivity index (χ4n) is 7.94. The molecule has 9 nitrogen and oxygen atoms in total. The normalized spacial score (nSPS) is 28.5. The van der Waals surface area contributed by atoms with Crippen LogP contribution in [-0.2, 0) is 14.4 Å². The van der Waals surface area contributed by atoms with Crippen molar-refractivity contribution in [2.45, 2.75) is 35.4 Å². The predicted octanol–water partition coefficient (Wildman–Crippen LogP) is 5.02. The molecule has 6 atom stereocenters. The summed E-state index contributed by atoms with van der Waals surface area (Å²) in [7, 11) is 1.59. The van der Waals surface area contributed by atoms with Gasteiger partial charge in [0.15, 0.2) is 0 Å². The lowest BCUT2D eigenvalue weighted by Crippen LogP contribution is -2.54. The smallest absolute Gasteiger partial charge is 0.251 e. The number of nitrogens with zero attached hydrogens (tertiary/aromatic N) is 3. The number of fused-ring (bicyclic) bond motifs is 2. The summed E-state index contributed by atoms with van der Waals surface area (Å²) in [5.74, 6) is -0.996. The average Bonchev–Trinajstić information content (AvgIpc) is 3.37. The molecule has 2 saturated heterocycles. The van der Waals surface area contributed by atoms with Crippen molar-refractivity contribution in [1.82, 2.24) is 4.90 Å². The fraction of sp³-hybridized carbons (Fsp3) is 0.342. The van der Waals surface area contributed by atoms with E-state index in [1.807, 2.05) is 105 Å². The summed E-state index contributed by atoms with van der Waals surface area (Å²) in [4.78, 5) is 49.9. The number of hydrogen-bond donors (Lipinski definition) is 1. The zero-order chi connectivity index (χ0) is 33.6. The summed E-state index contributed by atoms with van der Waals surface area (Å²) in [5.41, 5.74) is 2.09. The van der Waals surface area contributed by atoms with Gasteiger partial charge in [0.25, 0.3) is 5.91 Å². The number of benzene rings is 3. The highest BCUT2D eigenvalue weighted by atomic mass is 32.2. The van der Waals surface area contributed by atoms with E-state index in [0.717, 1.165) is 5.56 Å². The summed E-state index contributed by atoms with van der Waals surface area (Å²) in [5, 5.41) is 10.9. The summed E-state index contributed by atoms with van der Waals surface area (Å²) >= 11 is 1.52. The van der Waals surface area contributed by atoms with Gasteiger partial charge < -0.3 is 29.3 Å². The van der Waals surface area contributed by atoms with E-state index in [1.165, 1.54) is 11.8 Å². The predicted molar refractivity (Wildman–Crippen MR) is 186 cm³/mol. The van der Waals surface area contributed by atoms with Crippen LogP contribution < -0.4 is 19.3 Å². The first-order chi connectivity index (χ1) is 23.3. The van der Waals surface area contributed by atoms with Crippen molar-refractivity contribution in [2.75, 3.05) is 43.2 Å². The van der Waals surface area contributed by atoms with E-state index in [4.69, 9.17) is 9.47 Å². The monoisotopic (exact) mass is 665 g/mol. The Hall–Kier alpha value is -4.54. The maximum absolute atomic E-state index is 15.1. The molecule has 1 spiro atoms. The molecule has 2 fully saturated rings. The quantitative estimate of drug-likeness (QED) is 0.338. The lowest BCUT2D eigenvalue weighted by Gasteiger charge is -2.40. The molecular formula is C38H39N3O6S. The third-order valence-corrected chi connectivity index (χ3v) is 11.8. The Bertz CT molecular complexity index is 1760. The lowest BCUT2D eigenvalue weighted by molar-refractivity contribution is -0.142. The summed E-state index contributed by atoms with van der Waals surface area (Å²) in [6, 6.07) is 22.2. The molecule has 0 bridgehead atoms. The number of aliphatic hydroxyl groups excluding tert-OH is 1. The zero-order valence-corrected chi connectivity index (χ0v) is 28.0. The maximum Gasteiger partial charge on any atom is 0.251 e.